The third kappa shape index (κ3) is 1.02. The van der Waals surface area contributed by atoms with Crippen LogP contribution in [0.15, 0.2) is 18.5 Å². The summed E-state index contributed by atoms with van der Waals surface area (Å²) in [6.45, 7) is 0. The molecule has 2 aromatic heterocycles. The number of aromatic nitrogens is 1. The van der Waals surface area contributed by atoms with Crippen molar-refractivity contribution in [3.8, 4) is 0 Å². The van der Waals surface area contributed by atoms with Crippen molar-refractivity contribution in [2.45, 2.75) is 0 Å². The number of fused-ring (bicyclic) bond motifs is 1. The number of pyridine rings is 1. The zero-order valence-corrected chi connectivity index (χ0v) is 7.52. The first kappa shape index (κ1) is 7.71. The average Bonchev–Trinajstić information content (AvgIpc) is 2.40. The van der Waals surface area contributed by atoms with Crippen molar-refractivity contribution in [1.82, 2.24) is 4.98 Å². The second-order valence-corrected chi connectivity index (χ2v) is 3.93. The first-order valence-corrected chi connectivity index (χ1v) is 4.49. The Morgan fingerprint density at radius 3 is 3.17 bits per heavy atom. The zero-order valence-electron chi connectivity index (χ0n) is 5.95. The van der Waals surface area contributed by atoms with E-state index in [4.69, 9.17) is 11.6 Å². The van der Waals surface area contributed by atoms with Crippen molar-refractivity contribution in [3.05, 3.63) is 28.4 Å². The molecule has 60 valence electrons. The topological polar surface area (TPSA) is 30.0 Å². The number of thiophene rings is 1. The highest BCUT2D eigenvalue weighted by Gasteiger charge is 2.08. The Hall–Kier alpha value is -0.930. The van der Waals surface area contributed by atoms with Gasteiger partial charge >= 0.3 is 0 Å². The van der Waals surface area contributed by atoms with E-state index in [0.717, 1.165) is 16.4 Å². The number of aldehydes is 1. The zero-order chi connectivity index (χ0) is 8.55. The molecule has 2 aromatic rings. The number of carbonyl (C=O) groups is 1. The van der Waals surface area contributed by atoms with Gasteiger partial charge in [0.25, 0.3) is 0 Å². The lowest BCUT2D eigenvalue weighted by molar-refractivity contribution is 0.112. The largest absolute Gasteiger partial charge is 0.298 e. The Kier molecular flexibility index (Phi) is 1.83. The lowest BCUT2D eigenvalue weighted by Crippen LogP contribution is -1.76. The Bertz CT molecular complexity index is 438. The standard InChI is InChI=1S/C8H4ClNOS/c9-8-6(4-11)5-3-10-2-1-7(5)12-8/h1-4H. The molecule has 2 rings (SSSR count). The highest BCUT2D eigenvalue weighted by Crippen LogP contribution is 2.32. The Morgan fingerprint density at radius 2 is 2.42 bits per heavy atom. The van der Waals surface area contributed by atoms with Gasteiger partial charge in [-0.1, -0.05) is 11.6 Å². The molecule has 4 heteroatoms. The van der Waals surface area contributed by atoms with Gasteiger partial charge in [-0.25, -0.2) is 0 Å². The lowest BCUT2D eigenvalue weighted by atomic mass is 10.2. The molecule has 0 aromatic carbocycles. The molecule has 0 fully saturated rings. The quantitative estimate of drug-likeness (QED) is 0.658. The van der Waals surface area contributed by atoms with Crippen LogP contribution in [0.2, 0.25) is 4.34 Å². The van der Waals surface area contributed by atoms with Gasteiger partial charge in [0.05, 0.1) is 5.56 Å². The van der Waals surface area contributed by atoms with Gasteiger partial charge in [0.1, 0.15) is 4.34 Å². The van der Waals surface area contributed by atoms with Crippen LogP contribution in [0, 0.1) is 0 Å². The first-order chi connectivity index (χ1) is 5.83. The molecule has 0 amide bonds. The van der Waals surface area contributed by atoms with Crippen LogP contribution in [0.5, 0.6) is 0 Å². The molecule has 2 nitrogen and oxygen atoms in total. The van der Waals surface area contributed by atoms with Crippen LogP contribution in [0.3, 0.4) is 0 Å². The third-order valence-corrected chi connectivity index (χ3v) is 3.01. The summed E-state index contributed by atoms with van der Waals surface area (Å²) in [4.78, 5) is 14.5. The molecule has 12 heavy (non-hydrogen) atoms. The molecule has 0 unspecified atom stereocenters. The van der Waals surface area contributed by atoms with Crippen LogP contribution in [-0.2, 0) is 0 Å². The summed E-state index contributed by atoms with van der Waals surface area (Å²) in [6.07, 6.45) is 4.11. The maximum atomic E-state index is 10.6. The fourth-order valence-electron chi connectivity index (χ4n) is 1.04. The maximum Gasteiger partial charge on any atom is 0.153 e. The molecule has 0 atom stereocenters. The molecule has 0 saturated carbocycles. The lowest BCUT2D eigenvalue weighted by Gasteiger charge is -1.86. The summed E-state index contributed by atoms with van der Waals surface area (Å²) >= 11 is 7.22. The Morgan fingerprint density at radius 1 is 1.58 bits per heavy atom. The molecule has 0 saturated heterocycles. The van der Waals surface area contributed by atoms with Crippen LogP contribution >= 0.6 is 22.9 Å². The summed E-state index contributed by atoms with van der Waals surface area (Å²) < 4.78 is 1.53. The Labute approximate surface area is 77.8 Å². The van der Waals surface area contributed by atoms with Crippen molar-refractivity contribution in [3.63, 3.8) is 0 Å². The Balaban J connectivity index is 2.90. The molecule has 0 aliphatic heterocycles. The molecular weight excluding hydrogens is 194 g/mol. The summed E-state index contributed by atoms with van der Waals surface area (Å²) in [5.41, 5.74) is 0.546. The second kappa shape index (κ2) is 2.84. The highest BCUT2D eigenvalue weighted by atomic mass is 35.5. The van der Waals surface area contributed by atoms with E-state index in [1.54, 1.807) is 12.4 Å². The van der Waals surface area contributed by atoms with E-state index >= 15 is 0 Å². The fourth-order valence-corrected chi connectivity index (χ4v) is 2.30. The van der Waals surface area contributed by atoms with E-state index < -0.39 is 0 Å². The van der Waals surface area contributed by atoms with Crippen LogP contribution < -0.4 is 0 Å². The van der Waals surface area contributed by atoms with Gasteiger partial charge in [0.15, 0.2) is 6.29 Å². The predicted molar refractivity (Wildman–Crippen MR) is 50.0 cm³/mol. The van der Waals surface area contributed by atoms with E-state index in [1.165, 1.54) is 11.3 Å². The van der Waals surface area contributed by atoms with Crippen LogP contribution in [0.25, 0.3) is 10.1 Å². The number of halogens is 1. The van der Waals surface area contributed by atoms with Gasteiger partial charge in [-0.2, -0.15) is 0 Å². The SMILES string of the molecule is O=Cc1c(Cl)sc2ccncc12. The summed E-state index contributed by atoms with van der Waals surface area (Å²) in [6, 6.07) is 1.85. The van der Waals surface area contributed by atoms with E-state index in [-0.39, 0.29) is 0 Å². The van der Waals surface area contributed by atoms with Gasteiger partial charge in [0, 0.05) is 22.5 Å². The van der Waals surface area contributed by atoms with Gasteiger partial charge in [-0.15, -0.1) is 11.3 Å². The van der Waals surface area contributed by atoms with Gasteiger partial charge < -0.3 is 0 Å². The maximum absolute atomic E-state index is 10.6. The minimum absolute atomic E-state index is 0.535. The molecule has 0 aliphatic rings. The van der Waals surface area contributed by atoms with Crippen molar-refractivity contribution < 1.29 is 4.79 Å². The minimum atomic E-state index is 0.535. The van der Waals surface area contributed by atoms with Crippen molar-refractivity contribution in [1.29, 1.82) is 0 Å². The highest BCUT2D eigenvalue weighted by molar-refractivity contribution is 7.23. The second-order valence-electron chi connectivity index (χ2n) is 2.28. The number of hydrogen-bond acceptors (Lipinski definition) is 3. The first-order valence-electron chi connectivity index (χ1n) is 3.30. The van der Waals surface area contributed by atoms with Crippen LogP contribution in [0.1, 0.15) is 10.4 Å². The van der Waals surface area contributed by atoms with Crippen molar-refractivity contribution in [2.75, 3.05) is 0 Å². The van der Waals surface area contributed by atoms with Gasteiger partial charge in [-0.3, -0.25) is 9.78 Å². The van der Waals surface area contributed by atoms with Crippen LogP contribution in [0.4, 0.5) is 0 Å². The summed E-state index contributed by atoms with van der Waals surface area (Å²) in [5, 5.41) is 0.836. The molecule has 0 bridgehead atoms. The molecule has 0 spiro atoms. The third-order valence-electron chi connectivity index (χ3n) is 1.60. The van der Waals surface area contributed by atoms with E-state index in [2.05, 4.69) is 4.98 Å². The summed E-state index contributed by atoms with van der Waals surface area (Å²) in [7, 11) is 0. The van der Waals surface area contributed by atoms with E-state index in [9.17, 15) is 4.79 Å². The average molecular weight is 198 g/mol. The minimum Gasteiger partial charge on any atom is -0.298 e. The van der Waals surface area contributed by atoms with E-state index in [0.29, 0.717) is 9.90 Å². The van der Waals surface area contributed by atoms with Gasteiger partial charge in [-0.05, 0) is 6.07 Å². The van der Waals surface area contributed by atoms with Crippen molar-refractivity contribution >= 4 is 39.3 Å². The molecule has 0 radical (unpaired) electrons. The monoisotopic (exact) mass is 197 g/mol. The number of rotatable bonds is 1. The smallest absolute Gasteiger partial charge is 0.153 e. The predicted octanol–water partition coefficient (Wildman–Crippen LogP) is 2.76. The summed E-state index contributed by atoms with van der Waals surface area (Å²) in [5.74, 6) is 0. The number of nitrogens with zero attached hydrogens (tertiary/aromatic N) is 1. The molecule has 0 aliphatic carbocycles. The fraction of sp³-hybridized carbons (Fsp3) is 0. The number of carbonyl (C=O) groups excluding carboxylic acids is 1. The normalized spacial score (nSPS) is 10.4. The van der Waals surface area contributed by atoms with E-state index in [1.807, 2.05) is 6.07 Å². The molecular formula is C8H4ClNOS. The molecule has 0 N–H and O–H groups in total. The number of hydrogen-bond donors (Lipinski definition) is 0. The van der Waals surface area contributed by atoms with Crippen molar-refractivity contribution in [2.24, 2.45) is 0 Å². The van der Waals surface area contributed by atoms with Gasteiger partial charge in [0.2, 0.25) is 0 Å². The molecule has 2 heterocycles. The van der Waals surface area contributed by atoms with Crippen LogP contribution in [-0.4, -0.2) is 11.3 Å².